The Morgan fingerprint density at radius 3 is 1.77 bits per heavy atom. The number of aromatic hydroxyl groups is 1. The summed E-state index contributed by atoms with van der Waals surface area (Å²) in [6, 6.07) is 3.39. The van der Waals surface area contributed by atoms with Gasteiger partial charge in [-0.25, -0.2) is 0 Å². The lowest BCUT2D eigenvalue weighted by atomic mass is 9.78. The molecule has 6 heteroatoms. The van der Waals surface area contributed by atoms with Gasteiger partial charge in [0, 0.05) is 16.7 Å². The number of phenols is 1. The fourth-order valence-corrected chi connectivity index (χ4v) is 2.15. The van der Waals surface area contributed by atoms with Gasteiger partial charge in [0.05, 0.1) is 0 Å². The number of phenolic OH excluding ortho intramolecular Hbond substituents is 1. The number of nitrogens with one attached hydrogen (secondary N) is 2. The van der Waals surface area contributed by atoms with Crippen LogP contribution >= 0.6 is 12.2 Å². The summed E-state index contributed by atoms with van der Waals surface area (Å²) >= 11 is 4.67. The van der Waals surface area contributed by atoms with Crippen molar-refractivity contribution >= 4 is 23.2 Å². The van der Waals surface area contributed by atoms with Crippen LogP contribution in [0.25, 0.3) is 0 Å². The molecule has 0 aliphatic rings. The van der Waals surface area contributed by atoms with Crippen molar-refractivity contribution in [2.75, 3.05) is 0 Å². The van der Waals surface area contributed by atoms with Crippen LogP contribution in [0.15, 0.2) is 12.1 Å². The first-order chi connectivity index (χ1) is 9.84. The molecule has 0 saturated carbocycles. The van der Waals surface area contributed by atoms with Gasteiger partial charge in [0.1, 0.15) is 5.75 Å². The molecule has 0 aromatic heterocycles. The SMILES string of the molecule is CC(C)(C)c1cc(C(=O)NNC(N)=S)cc(C(C)(C)C)c1O. The molecule has 0 spiro atoms. The monoisotopic (exact) mass is 323 g/mol. The number of rotatable bonds is 1. The predicted molar refractivity (Wildman–Crippen MR) is 92.9 cm³/mol. The summed E-state index contributed by atoms with van der Waals surface area (Å²) in [7, 11) is 0. The minimum Gasteiger partial charge on any atom is -0.507 e. The van der Waals surface area contributed by atoms with E-state index in [1.807, 2.05) is 41.5 Å². The lowest BCUT2D eigenvalue weighted by molar-refractivity contribution is 0.0943. The minimum atomic E-state index is -0.358. The largest absolute Gasteiger partial charge is 0.507 e. The minimum absolute atomic E-state index is 0.0146. The number of hydrogen-bond donors (Lipinski definition) is 4. The molecule has 0 atom stereocenters. The first-order valence-corrected chi connectivity index (χ1v) is 7.48. The summed E-state index contributed by atoms with van der Waals surface area (Å²) in [4.78, 5) is 12.2. The molecule has 0 unspecified atom stereocenters. The highest BCUT2D eigenvalue weighted by Gasteiger charge is 2.27. The Labute approximate surface area is 137 Å². The van der Waals surface area contributed by atoms with Crippen LogP contribution in [0.4, 0.5) is 0 Å². The Morgan fingerprint density at radius 2 is 1.45 bits per heavy atom. The Kier molecular flexibility index (Phi) is 5.07. The molecule has 122 valence electrons. The van der Waals surface area contributed by atoms with E-state index in [9.17, 15) is 9.90 Å². The molecule has 22 heavy (non-hydrogen) atoms. The quantitative estimate of drug-likeness (QED) is 0.471. The Balaban J connectivity index is 3.41. The van der Waals surface area contributed by atoms with E-state index < -0.39 is 0 Å². The molecule has 1 aromatic carbocycles. The molecule has 0 aliphatic heterocycles. The fraction of sp³-hybridized carbons (Fsp3) is 0.500. The standard InChI is InChI=1S/C16H25N3O2S/c1-15(2,3)10-7-9(13(21)18-19-14(17)22)8-11(12(10)20)16(4,5)6/h7-8,20H,1-6H3,(H,18,21)(H3,17,19,22). The molecular formula is C16H25N3O2S. The summed E-state index contributed by atoms with van der Waals surface area (Å²) in [6.07, 6.45) is 0. The van der Waals surface area contributed by atoms with Crippen molar-refractivity contribution in [2.45, 2.75) is 52.4 Å². The average molecular weight is 323 g/mol. The lowest BCUT2D eigenvalue weighted by Crippen LogP contribution is -2.44. The van der Waals surface area contributed by atoms with Gasteiger partial charge in [0.25, 0.3) is 5.91 Å². The maximum Gasteiger partial charge on any atom is 0.269 e. The number of amides is 1. The van der Waals surface area contributed by atoms with Gasteiger partial charge in [0.2, 0.25) is 0 Å². The molecule has 0 aliphatic carbocycles. The molecule has 1 amide bonds. The molecule has 0 saturated heterocycles. The van der Waals surface area contributed by atoms with Crippen LogP contribution in [0.3, 0.4) is 0 Å². The van der Waals surface area contributed by atoms with Crippen molar-refractivity contribution in [2.24, 2.45) is 5.73 Å². The predicted octanol–water partition coefficient (Wildman–Crippen LogP) is 2.47. The third-order valence-corrected chi connectivity index (χ3v) is 3.39. The normalized spacial score (nSPS) is 11.9. The van der Waals surface area contributed by atoms with Crippen LogP contribution in [0, 0.1) is 0 Å². The highest BCUT2D eigenvalue weighted by molar-refractivity contribution is 7.80. The molecule has 1 aromatic rings. The van der Waals surface area contributed by atoms with Crippen molar-refractivity contribution in [3.8, 4) is 5.75 Å². The Morgan fingerprint density at radius 1 is 1.05 bits per heavy atom. The zero-order valence-corrected chi connectivity index (χ0v) is 14.8. The number of nitrogens with two attached hydrogens (primary N) is 1. The Bertz CT molecular complexity index is 563. The molecule has 0 radical (unpaired) electrons. The third-order valence-electron chi connectivity index (χ3n) is 3.29. The molecule has 5 nitrogen and oxygen atoms in total. The van der Waals surface area contributed by atoms with E-state index >= 15 is 0 Å². The number of thiocarbonyl (C=S) groups is 1. The number of hydrazine groups is 1. The summed E-state index contributed by atoms with van der Waals surface area (Å²) in [5.74, 6) is -0.123. The van der Waals surface area contributed by atoms with E-state index in [2.05, 4.69) is 23.1 Å². The van der Waals surface area contributed by atoms with Gasteiger partial charge in [0.15, 0.2) is 5.11 Å². The maximum atomic E-state index is 12.2. The van der Waals surface area contributed by atoms with Gasteiger partial charge in [-0.2, -0.15) is 0 Å². The van der Waals surface area contributed by atoms with Gasteiger partial charge >= 0.3 is 0 Å². The second-order valence-corrected chi connectivity index (χ2v) is 7.80. The van der Waals surface area contributed by atoms with Gasteiger partial charge in [-0.05, 0) is 35.2 Å². The molecule has 1 rings (SSSR count). The summed E-state index contributed by atoms with van der Waals surface area (Å²) in [5, 5.41) is 10.6. The molecular weight excluding hydrogens is 298 g/mol. The summed E-state index contributed by atoms with van der Waals surface area (Å²) in [6.45, 7) is 11.9. The van der Waals surface area contributed by atoms with Crippen LogP contribution in [-0.4, -0.2) is 16.1 Å². The number of carbonyl (C=O) groups excluding carboxylic acids is 1. The smallest absolute Gasteiger partial charge is 0.269 e. The number of hydrogen-bond acceptors (Lipinski definition) is 3. The van der Waals surface area contributed by atoms with Crippen molar-refractivity contribution < 1.29 is 9.90 Å². The zero-order chi connectivity index (χ0) is 17.3. The molecule has 0 fully saturated rings. The van der Waals surface area contributed by atoms with E-state index in [-0.39, 0.29) is 27.6 Å². The number of carbonyl (C=O) groups is 1. The maximum absolute atomic E-state index is 12.2. The van der Waals surface area contributed by atoms with Crippen LogP contribution in [0.2, 0.25) is 0 Å². The van der Waals surface area contributed by atoms with Crippen LogP contribution in [-0.2, 0) is 10.8 Å². The van der Waals surface area contributed by atoms with Crippen LogP contribution < -0.4 is 16.6 Å². The second-order valence-electron chi connectivity index (χ2n) is 7.36. The highest BCUT2D eigenvalue weighted by atomic mass is 32.1. The summed E-state index contributed by atoms with van der Waals surface area (Å²) < 4.78 is 0. The van der Waals surface area contributed by atoms with E-state index in [0.717, 1.165) is 11.1 Å². The van der Waals surface area contributed by atoms with E-state index in [4.69, 9.17) is 5.73 Å². The van der Waals surface area contributed by atoms with Crippen LogP contribution in [0.1, 0.15) is 63.0 Å². The van der Waals surface area contributed by atoms with Gasteiger partial charge in [-0.3, -0.25) is 15.6 Å². The topological polar surface area (TPSA) is 87.4 Å². The first-order valence-electron chi connectivity index (χ1n) is 7.08. The third kappa shape index (κ3) is 4.34. The lowest BCUT2D eigenvalue weighted by Gasteiger charge is -2.28. The van der Waals surface area contributed by atoms with E-state index in [1.165, 1.54) is 0 Å². The van der Waals surface area contributed by atoms with Crippen LogP contribution in [0.5, 0.6) is 5.75 Å². The van der Waals surface area contributed by atoms with Gasteiger partial charge < -0.3 is 10.8 Å². The zero-order valence-electron chi connectivity index (χ0n) is 14.0. The van der Waals surface area contributed by atoms with Gasteiger partial charge in [-0.15, -0.1) is 0 Å². The molecule has 0 bridgehead atoms. The second kappa shape index (κ2) is 6.12. The first kappa shape index (κ1) is 18.2. The van der Waals surface area contributed by atoms with E-state index in [1.54, 1.807) is 12.1 Å². The fourth-order valence-electron chi connectivity index (χ4n) is 2.10. The highest BCUT2D eigenvalue weighted by Crippen LogP contribution is 2.39. The van der Waals surface area contributed by atoms with Crippen molar-refractivity contribution in [3.05, 3.63) is 28.8 Å². The van der Waals surface area contributed by atoms with Crippen molar-refractivity contribution in [1.29, 1.82) is 0 Å². The van der Waals surface area contributed by atoms with E-state index in [0.29, 0.717) is 5.56 Å². The van der Waals surface area contributed by atoms with Gasteiger partial charge in [-0.1, -0.05) is 41.5 Å². The average Bonchev–Trinajstić information content (AvgIpc) is 2.33. The molecule has 5 N–H and O–H groups in total. The number of benzene rings is 1. The van der Waals surface area contributed by atoms with Crippen molar-refractivity contribution in [1.82, 2.24) is 10.9 Å². The Hall–Kier alpha value is -1.82. The van der Waals surface area contributed by atoms with Crippen molar-refractivity contribution in [3.63, 3.8) is 0 Å². The summed E-state index contributed by atoms with van der Waals surface area (Å²) in [5.41, 5.74) is 11.5. The molecule has 0 heterocycles.